The first-order valence-corrected chi connectivity index (χ1v) is 10.2. The number of carbonyl (C=O) groups is 2. The Morgan fingerprint density at radius 2 is 1.61 bits per heavy atom. The highest BCUT2D eigenvalue weighted by molar-refractivity contribution is 8.00. The van der Waals surface area contributed by atoms with Crippen LogP contribution in [0.5, 0.6) is 5.75 Å². The number of carbonyl (C=O) groups excluding carboxylic acids is 2. The van der Waals surface area contributed by atoms with E-state index in [0.29, 0.717) is 22.9 Å². The average molecular weight is 421 g/mol. The van der Waals surface area contributed by atoms with E-state index in [0.717, 1.165) is 10.6 Å². The summed E-state index contributed by atoms with van der Waals surface area (Å²) in [7, 11) is 1.54. The second-order valence-corrected chi connectivity index (χ2v) is 8.95. The first-order valence-electron chi connectivity index (χ1n) is 8.82. The van der Waals surface area contributed by atoms with Gasteiger partial charge in [0.15, 0.2) is 0 Å². The molecule has 0 saturated carbocycles. The standard InChI is InChI=1S/C21H25ClN2O3S/c1-21(2,3)12-19(25)23-14-5-8-16(9-6-14)28-13-20(26)24-15-7-10-18(27-4)17(22)11-15/h5-11H,12-13H2,1-4H3,(H,23,25)(H,24,26). The summed E-state index contributed by atoms with van der Waals surface area (Å²) < 4.78 is 5.09. The summed E-state index contributed by atoms with van der Waals surface area (Å²) in [6.45, 7) is 6.08. The molecular formula is C21H25ClN2O3S. The van der Waals surface area contributed by atoms with Crippen LogP contribution < -0.4 is 15.4 Å². The van der Waals surface area contributed by atoms with E-state index in [1.54, 1.807) is 18.2 Å². The number of thioether (sulfide) groups is 1. The lowest BCUT2D eigenvalue weighted by Crippen LogP contribution is -2.19. The number of hydrogen-bond acceptors (Lipinski definition) is 4. The zero-order valence-electron chi connectivity index (χ0n) is 16.5. The molecule has 2 aromatic rings. The Bertz CT molecular complexity index is 833. The molecule has 0 unspecified atom stereocenters. The highest BCUT2D eigenvalue weighted by atomic mass is 35.5. The van der Waals surface area contributed by atoms with E-state index in [-0.39, 0.29) is 23.0 Å². The number of hydrogen-bond donors (Lipinski definition) is 2. The van der Waals surface area contributed by atoms with Crippen molar-refractivity contribution < 1.29 is 14.3 Å². The van der Waals surface area contributed by atoms with E-state index in [2.05, 4.69) is 10.6 Å². The molecule has 0 radical (unpaired) electrons. The van der Waals surface area contributed by atoms with Gasteiger partial charge in [0.25, 0.3) is 0 Å². The van der Waals surface area contributed by atoms with Crippen LogP contribution >= 0.6 is 23.4 Å². The summed E-state index contributed by atoms with van der Waals surface area (Å²) in [5.41, 5.74) is 1.31. The quantitative estimate of drug-likeness (QED) is 0.584. The Labute approximate surface area is 175 Å². The zero-order valence-corrected chi connectivity index (χ0v) is 18.0. The minimum Gasteiger partial charge on any atom is -0.495 e. The molecule has 150 valence electrons. The number of benzene rings is 2. The molecule has 0 aliphatic heterocycles. The number of rotatable bonds is 7. The van der Waals surface area contributed by atoms with Crippen molar-refractivity contribution in [3.05, 3.63) is 47.5 Å². The molecule has 0 aliphatic rings. The molecular weight excluding hydrogens is 396 g/mol. The van der Waals surface area contributed by atoms with Gasteiger partial charge in [-0.2, -0.15) is 0 Å². The van der Waals surface area contributed by atoms with E-state index in [4.69, 9.17) is 16.3 Å². The van der Waals surface area contributed by atoms with Gasteiger partial charge in [-0.15, -0.1) is 11.8 Å². The van der Waals surface area contributed by atoms with Crippen LogP contribution in [0.4, 0.5) is 11.4 Å². The second kappa shape index (κ2) is 9.85. The van der Waals surface area contributed by atoms with E-state index in [1.165, 1.54) is 18.9 Å². The van der Waals surface area contributed by atoms with Gasteiger partial charge in [-0.25, -0.2) is 0 Å². The molecule has 0 bridgehead atoms. The molecule has 0 atom stereocenters. The smallest absolute Gasteiger partial charge is 0.234 e. The lowest BCUT2D eigenvalue weighted by molar-refractivity contribution is -0.118. The third-order valence-electron chi connectivity index (χ3n) is 3.63. The molecule has 2 aromatic carbocycles. The van der Waals surface area contributed by atoms with Gasteiger partial charge in [-0.05, 0) is 47.9 Å². The van der Waals surface area contributed by atoms with Crippen LogP contribution in [0.15, 0.2) is 47.4 Å². The fraction of sp³-hybridized carbons (Fsp3) is 0.333. The van der Waals surface area contributed by atoms with Crippen LogP contribution in [0.25, 0.3) is 0 Å². The molecule has 0 saturated heterocycles. The van der Waals surface area contributed by atoms with Crippen LogP contribution in [-0.2, 0) is 9.59 Å². The summed E-state index contributed by atoms with van der Waals surface area (Å²) in [5.74, 6) is 0.683. The van der Waals surface area contributed by atoms with Gasteiger partial charge in [0.05, 0.1) is 17.9 Å². The van der Waals surface area contributed by atoms with Crippen molar-refractivity contribution in [1.29, 1.82) is 0 Å². The van der Waals surface area contributed by atoms with Crippen LogP contribution in [0.1, 0.15) is 27.2 Å². The van der Waals surface area contributed by atoms with Crippen molar-refractivity contribution in [1.82, 2.24) is 0 Å². The summed E-state index contributed by atoms with van der Waals surface area (Å²) in [6, 6.07) is 12.5. The van der Waals surface area contributed by atoms with Crippen molar-refractivity contribution in [2.24, 2.45) is 5.41 Å². The molecule has 28 heavy (non-hydrogen) atoms. The van der Waals surface area contributed by atoms with Crippen LogP contribution in [-0.4, -0.2) is 24.7 Å². The van der Waals surface area contributed by atoms with E-state index >= 15 is 0 Å². The second-order valence-electron chi connectivity index (χ2n) is 7.50. The molecule has 0 fully saturated rings. The highest BCUT2D eigenvalue weighted by Gasteiger charge is 2.16. The van der Waals surface area contributed by atoms with Gasteiger partial charge in [-0.3, -0.25) is 9.59 Å². The van der Waals surface area contributed by atoms with Crippen molar-refractivity contribution in [2.75, 3.05) is 23.5 Å². The Morgan fingerprint density at radius 3 is 2.18 bits per heavy atom. The van der Waals surface area contributed by atoms with Crippen LogP contribution in [0, 0.1) is 5.41 Å². The Kier molecular flexibility index (Phi) is 7.78. The molecule has 2 rings (SSSR count). The van der Waals surface area contributed by atoms with Gasteiger partial charge >= 0.3 is 0 Å². The first kappa shape index (κ1) is 22.1. The van der Waals surface area contributed by atoms with Crippen molar-refractivity contribution in [2.45, 2.75) is 32.1 Å². The monoisotopic (exact) mass is 420 g/mol. The minimum atomic E-state index is -0.131. The molecule has 2 amide bonds. The summed E-state index contributed by atoms with van der Waals surface area (Å²) in [4.78, 5) is 25.1. The zero-order chi connectivity index (χ0) is 20.7. The largest absolute Gasteiger partial charge is 0.495 e. The minimum absolute atomic E-state index is 0.00886. The maximum atomic E-state index is 12.1. The Morgan fingerprint density at radius 1 is 1.00 bits per heavy atom. The maximum Gasteiger partial charge on any atom is 0.234 e. The molecule has 5 nitrogen and oxygen atoms in total. The third-order valence-corrected chi connectivity index (χ3v) is 4.94. The third kappa shape index (κ3) is 7.44. The van der Waals surface area contributed by atoms with Crippen LogP contribution in [0.2, 0.25) is 5.02 Å². The van der Waals surface area contributed by atoms with Gasteiger partial charge in [0.2, 0.25) is 11.8 Å². The predicted molar refractivity (Wildman–Crippen MR) is 117 cm³/mol. The normalized spacial score (nSPS) is 11.0. The van der Waals surface area contributed by atoms with Gasteiger partial charge < -0.3 is 15.4 Å². The number of anilines is 2. The highest BCUT2D eigenvalue weighted by Crippen LogP contribution is 2.27. The van der Waals surface area contributed by atoms with Gasteiger partial charge in [0, 0.05) is 22.7 Å². The summed E-state index contributed by atoms with van der Waals surface area (Å²) in [6.07, 6.45) is 0.457. The van der Waals surface area contributed by atoms with Crippen LogP contribution in [0.3, 0.4) is 0 Å². The Hall–Kier alpha value is -2.18. The molecule has 0 spiro atoms. The lowest BCUT2D eigenvalue weighted by Gasteiger charge is -2.17. The number of nitrogens with one attached hydrogen (secondary N) is 2. The van der Waals surface area contributed by atoms with Crippen molar-refractivity contribution in [3.8, 4) is 5.75 Å². The first-order chi connectivity index (χ1) is 13.2. The molecule has 7 heteroatoms. The molecule has 0 aromatic heterocycles. The fourth-order valence-corrected chi connectivity index (χ4v) is 3.37. The van der Waals surface area contributed by atoms with E-state index in [9.17, 15) is 9.59 Å². The number of methoxy groups -OCH3 is 1. The number of ether oxygens (including phenoxy) is 1. The summed E-state index contributed by atoms with van der Waals surface area (Å²) >= 11 is 7.48. The molecule has 0 heterocycles. The lowest BCUT2D eigenvalue weighted by atomic mass is 9.92. The van der Waals surface area contributed by atoms with E-state index < -0.39 is 0 Å². The van der Waals surface area contributed by atoms with Crippen molar-refractivity contribution in [3.63, 3.8) is 0 Å². The SMILES string of the molecule is COc1ccc(NC(=O)CSc2ccc(NC(=O)CC(C)(C)C)cc2)cc1Cl. The fourth-order valence-electron chi connectivity index (χ4n) is 2.41. The van der Waals surface area contributed by atoms with E-state index in [1.807, 2.05) is 45.0 Å². The predicted octanol–water partition coefficient (Wildman–Crippen LogP) is 5.45. The Balaban J connectivity index is 1.83. The average Bonchev–Trinajstić information content (AvgIpc) is 2.59. The molecule has 0 aliphatic carbocycles. The number of amides is 2. The number of halogens is 1. The topological polar surface area (TPSA) is 67.4 Å². The maximum absolute atomic E-state index is 12.1. The van der Waals surface area contributed by atoms with Gasteiger partial charge in [0.1, 0.15) is 5.75 Å². The van der Waals surface area contributed by atoms with Crippen molar-refractivity contribution >= 4 is 46.6 Å². The van der Waals surface area contributed by atoms with Gasteiger partial charge in [-0.1, -0.05) is 32.4 Å². The molecule has 2 N–H and O–H groups in total. The summed E-state index contributed by atoms with van der Waals surface area (Å²) in [5, 5.41) is 6.14.